The van der Waals surface area contributed by atoms with Crippen molar-refractivity contribution >= 4 is 29.1 Å². The number of carbonyl (C=O) groups excluding carboxylic acids is 1. The van der Waals surface area contributed by atoms with Crippen LogP contribution in [0.1, 0.15) is 19.0 Å². The van der Waals surface area contributed by atoms with Gasteiger partial charge in [-0.25, -0.2) is 4.98 Å². The van der Waals surface area contributed by atoms with Gasteiger partial charge in [-0.15, -0.1) is 0 Å². The summed E-state index contributed by atoms with van der Waals surface area (Å²) in [4.78, 5) is 18.3. The summed E-state index contributed by atoms with van der Waals surface area (Å²) >= 11 is 12.0. The van der Waals surface area contributed by atoms with Crippen LogP contribution < -0.4 is 5.32 Å². The van der Waals surface area contributed by atoms with Crippen LogP contribution in [0.15, 0.2) is 12.1 Å². The van der Waals surface area contributed by atoms with Gasteiger partial charge < -0.3 is 5.32 Å². The van der Waals surface area contributed by atoms with E-state index in [1.807, 2.05) is 6.92 Å². The third-order valence-electron chi connectivity index (χ3n) is 3.59. The highest BCUT2D eigenvalue weighted by atomic mass is 35.5. The normalized spacial score (nSPS) is 23.6. The van der Waals surface area contributed by atoms with Gasteiger partial charge >= 0.3 is 0 Å². The van der Waals surface area contributed by atoms with Crippen molar-refractivity contribution in [2.24, 2.45) is 5.41 Å². The van der Waals surface area contributed by atoms with Gasteiger partial charge in [-0.1, -0.05) is 23.2 Å². The number of rotatable bonds is 3. The topological polar surface area (TPSA) is 45.2 Å². The van der Waals surface area contributed by atoms with Crippen molar-refractivity contribution in [3.8, 4) is 0 Å². The lowest BCUT2D eigenvalue weighted by molar-refractivity contribution is -0.129. The number of nitrogens with one attached hydrogen (secondary N) is 1. The maximum Gasteiger partial charge on any atom is 0.227 e. The second-order valence-corrected chi connectivity index (χ2v) is 5.96. The zero-order valence-electron chi connectivity index (χ0n) is 11.0. The molecule has 1 aliphatic rings. The molecule has 19 heavy (non-hydrogen) atoms. The SMILES string of the molecule is CNC(=O)C1(C)CCN(Cc2nc(Cl)ccc2Cl)C1. The smallest absolute Gasteiger partial charge is 0.227 e. The fourth-order valence-electron chi connectivity index (χ4n) is 2.46. The molecule has 0 aliphatic carbocycles. The van der Waals surface area contributed by atoms with Crippen LogP contribution in [-0.2, 0) is 11.3 Å². The zero-order chi connectivity index (χ0) is 14.0. The molecule has 1 fully saturated rings. The number of carbonyl (C=O) groups is 1. The van der Waals surface area contributed by atoms with Crippen LogP contribution >= 0.6 is 23.2 Å². The summed E-state index contributed by atoms with van der Waals surface area (Å²) in [6.07, 6.45) is 0.838. The van der Waals surface area contributed by atoms with Crippen LogP contribution in [-0.4, -0.2) is 35.9 Å². The summed E-state index contributed by atoms with van der Waals surface area (Å²) < 4.78 is 0. The average molecular weight is 302 g/mol. The van der Waals surface area contributed by atoms with Crippen LogP contribution in [0.3, 0.4) is 0 Å². The number of hydrogen-bond donors (Lipinski definition) is 1. The number of aromatic nitrogens is 1. The Kier molecular flexibility index (Phi) is 4.33. The predicted molar refractivity (Wildman–Crippen MR) is 76.3 cm³/mol. The van der Waals surface area contributed by atoms with E-state index in [0.717, 1.165) is 18.7 Å². The number of amides is 1. The van der Waals surface area contributed by atoms with Crippen molar-refractivity contribution in [1.82, 2.24) is 15.2 Å². The molecule has 1 aromatic rings. The minimum absolute atomic E-state index is 0.0835. The Hall–Kier alpha value is -0.840. The lowest BCUT2D eigenvalue weighted by Crippen LogP contribution is -2.39. The molecule has 0 radical (unpaired) electrons. The van der Waals surface area contributed by atoms with Crippen molar-refractivity contribution in [1.29, 1.82) is 0 Å². The molecular formula is C13H17Cl2N3O. The molecule has 1 atom stereocenters. The minimum Gasteiger partial charge on any atom is -0.359 e. The monoisotopic (exact) mass is 301 g/mol. The van der Waals surface area contributed by atoms with Gasteiger partial charge in [0.05, 0.1) is 16.1 Å². The van der Waals surface area contributed by atoms with Crippen LogP contribution in [0.2, 0.25) is 10.2 Å². The second kappa shape index (κ2) is 5.65. The molecule has 1 aromatic heterocycles. The van der Waals surface area contributed by atoms with E-state index in [0.29, 0.717) is 23.3 Å². The van der Waals surface area contributed by atoms with Crippen molar-refractivity contribution in [3.05, 3.63) is 28.0 Å². The Morgan fingerprint density at radius 2 is 2.26 bits per heavy atom. The van der Waals surface area contributed by atoms with Gasteiger partial charge in [-0.3, -0.25) is 9.69 Å². The highest BCUT2D eigenvalue weighted by molar-refractivity contribution is 6.32. The van der Waals surface area contributed by atoms with Gasteiger partial charge in [-0.2, -0.15) is 0 Å². The third kappa shape index (κ3) is 3.19. The Labute approximate surface area is 123 Å². The summed E-state index contributed by atoms with van der Waals surface area (Å²) in [5, 5.41) is 3.77. The molecule has 1 unspecified atom stereocenters. The molecule has 1 aliphatic heterocycles. The van der Waals surface area contributed by atoms with Crippen molar-refractivity contribution in [3.63, 3.8) is 0 Å². The minimum atomic E-state index is -0.334. The lowest BCUT2D eigenvalue weighted by Gasteiger charge is -2.22. The quantitative estimate of drug-likeness (QED) is 0.872. The number of nitrogens with zero attached hydrogens (tertiary/aromatic N) is 2. The molecule has 0 bridgehead atoms. The van der Waals surface area contributed by atoms with E-state index >= 15 is 0 Å². The molecule has 0 aromatic carbocycles. The first kappa shape index (κ1) is 14.6. The Morgan fingerprint density at radius 3 is 2.95 bits per heavy atom. The van der Waals surface area contributed by atoms with Crippen molar-refractivity contribution in [2.75, 3.05) is 20.1 Å². The van der Waals surface area contributed by atoms with Gasteiger partial charge in [0.2, 0.25) is 5.91 Å². The standard InChI is InChI=1S/C13H17Cl2N3O/c1-13(12(19)16-2)5-6-18(8-13)7-10-9(14)3-4-11(15)17-10/h3-4H,5-8H2,1-2H3,(H,16,19). The summed E-state index contributed by atoms with van der Waals surface area (Å²) in [6, 6.07) is 3.42. The van der Waals surface area contributed by atoms with Gasteiger partial charge in [0.25, 0.3) is 0 Å². The molecule has 1 saturated heterocycles. The van der Waals surface area contributed by atoms with E-state index in [1.54, 1.807) is 19.2 Å². The molecule has 2 rings (SSSR count). The highest BCUT2D eigenvalue weighted by Gasteiger charge is 2.39. The molecule has 1 N–H and O–H groups in total. The third-order valence-corrected chi connectivity index (χ3v) is 4.14. The highest BCUT2D eigenvalue weighted by Crippen LogP contribution is 2.31. The molecule has 0 saturated carbocycles. The van der Waals surface area contributed by atoms with Crippen molar-refractivity contribution < 1.29 is 4.79 Å². The molecule has 104 valence electrons. The Bertz CT molecular complexity index is 495. The van der Waals surface area contributed by atoms with Crippen LogP contribution in [0.4, 0.5) is 0 Å². The number of pyridine rings is 1. The fourth-order valence-corrected chi connectivity index (χ4v) is 2.79. The molecule has 6 heteroatoms. The Balaban J connectivity index is 2.06. The first-order valence-electron chi connectivity index (χ1n) is 6.20. The first-order valence-corrected chi connectivity index (χ1v) is 6.96. The van der Waals surface area contributed by atoms with E-state index in [1.165, 1.54) is 0 Å². The molecule has 1 amide bonds. The fraction of sp³-hybridized carbons (Fsp3) is 0.538. The summed E-state index contributed by atoms with van der Waals surface area (Å²) in [7, 11) is 1.67. The van der Waals surface area contributed by atoms with E-state index < -0.39 is 0 Å². The van der Waals surface area contributed by atoms with Crippen molar-refractivity contribution in [2.45, 2.75) is 19.9 Å². The van der Waals surface area contributed by atoms with Gasteiger partial charge in [-0.05, 0) is 32.0 Å². The van der Waals surface area contributed by atoms with E-state index in [-0.39, 0.29) is 11.3 Å². The van der Waals surface area contributed by atoms with Crippen LogP contribution in [0, 0.1) is 5.41 Å². The summed E-state index contributed by atoms with van der Waals surface area (Å²) in [5.41, 5.74) is 0.426. The largest absolute Gasteiger partial charge is 0.359 e. The van der Waals surface area contributed by atoms with Gasteiger partial charge in [0.1, 0.15) is 5.15 Å². The Morgan fingerprint density at radius 1 is 1.53 bits per heavy atom. The molecular weight excluding hydrogens is 285 g/mol. The van der Waals surface area contributed by atoms with Gasteiger partial charge in [0, 0.05) is 20.1 Å². The predicted octanol–water partition coefficient (Wildman–Crippen LogP) is 2.35. The molecule has 0 spiro atoms. The number of likely N-dealkylation sites (tertiary alicyclic amines) is 1. The number of hydrogen-bond acceptors (Lipinski definition) is 3. The van der Waals surface area contributed by atoms with E-state index in [4.69, 9.17) is 23.2 Å². The van der Waals surface area contributed by atoms with Crippen LogP contribution in [0.5, 0.6) is 0 Å². The summed E-state index contributed by atoms with van der Waals surface area (Å²) in [6.45, 7) is 4.16. The van der Waals surface area contributed by atoms with E-state index in [2.05, 4.69) is 15.2 Å². The second-order valence-electron chi connectivity index (χ2n) is 5.16. The lowest BCUT2D eigenvalue weighted by atomic mass is 9.89. The average Bonchev–Trinajstić information content (AvgIpc) is 2.76. The maximum atomic E-state index is 11.9. The maximum absolute atomic E-state index is 11.9. The number of halogens is 2. The molecule has 4 nitrogen and oxygen atoms in total. The van der Waals surface area contributed by atoms with Gasteiger partial charge in [0.15, 0.2) is 0 Å². The van der Waals surface area contributed by atoms with Crippen LogP contribution in [0.25, 0.3) is 0 Å². The van der Waals surface area contributed by atoms with E-state index in [9.17, 15) is 4.79 Å². The summed E-state index contributed by atoms with van der Waals surface area (Å²) in [5.74, 6) is 0.0835. The zero-order valence-corrected chi connectivity index (χ0v) is 12.6. The molecule has 2 heterocycles. The first-order chi connectivity index (χ1) is 8.94.